The van der Waals surface area contributed by atoms with E-state index >= 15 is 0 Å². The molecule has 0 aliphatic heterocycles. The van der Waals surface area contributed by atoms with Gasteiger partial charge >= 0.3 is 0 Å². The van der Waals surface area contributed by atoms with Crippen molar-refractivity contribution in [3.8, 4) is 5.69 Å². The highest BCUT2D eigenvalue weighted by Gasteiger charge is 2.25. The van der Waals surface area contributed by atoms with Crippen LogP contribution in [-0.4, -0.2) is 15.0 Å². The monoisotopic (exact) mass is 280 g/mol. The molecule has 0 spiro atoms. The van der Waals surface area contributed by atoms with Crippen LogP contribution in [0.25, 0.3) is 5.69 Å². The van der Waals surface area contributed by atoms with Crippen LogP contribution in [0.3, 0.4) is 0 Å². The van der Waals surface area contributed by atoms with E-state index < -0.39 is 5.24 Å². The molecule has 0 unspecified atom stereocenters. The van der Waals surface area contributed by atoms with Gasteiger partial charge in [0.25, 0.3) is 5.24 Å². The van der Waals surface area contributed by atoms with E-state index in [1.807, 2.05) is 20.8 Å². The highest BCUT2D eigenvalue weighted by molar-refractivity contribution is 6.67. The largest absolute Gasteiger partial charge is 0.275 e. The molecule has 5 heteroatoms. The molecule has 2 rings (SSSR count). The Morgan fingerprint density at radius 3 is 2.26 bits per heavy atom. The van der Waals surface area contributed by atoms with Gasteiger partial charge in [0.2, 0.25) is 0 Å². The molecule has 0 saturated carbocycles. The molecule has 0 amide bonds. The van der Waals surface area contributed by atoms with Crippen molar-refractivity contribution in [1.29, 1.82) is 0 Å². The third-order valence-corrected chi connectivity index (χ3v) is 2.93. The van der Waals surface area contributed by atoms with Crippen LogP contribution in [0, 0.1) is 5.82 Å². The lowest BCUT2D eigenvalue weighted by Gasteiger charge is -2.16. The normalized spacial score (nSPS) is 11.6. The van der Waals surface area contributed by atoms with Crippen LogP contribution in [0.1, 0.15) is 36.8 Å². The maximum Gasteiger partial charge on any atom is 0.255 e. The number of halogens is 2. The predicted octanol–water partition coefficient (Wildman–Crippen LogP) is 3.69. The molecule has 19 heavy (non-hydrogen) atoms. The van der Waals surface area contributed by atoms with Gasteiger partial charge in [0.15, 0.2) is 0 Å². The number of benzene rings is 1. The molecule has 0 aliphatic rings. The lowest BCUT2D eigenvalue weighted by molar-refractivity contribution is 0.107. The van der Waals surface area contributed by atoms with Gasteiger partial charge in [-0.1, -0.05) is 20.8 Å². The van der Waals surface area contributed by atoms with E-state index in [1.165, 1.54) is 16.8 Å². The standard InChI is InChI=1S/C14H14ClFN2O/c1-14(2,3)12-11(13(15)19)8-18(17-12)10-6-4-9(16)5-7-10/h4-8H,1-3H3. The Morgan fingerprint density at radius 1 is 1.26 bits per heavy atom. The van der Waals surface area contributed by atoms with E-state index in [9.17, 15) is 9.18 Å². The van der Waals surface area contributed by atoms with Crippen LogP contribution in [-0.2, 0) is 5.41 Å². The van der Waals surface area contributed by atoms with Crippen LogP contribution >= 0.6 is 11.6 Å². The van der Waals surface area contributed by atoms with Crippen LogP contribution in [0.2, 0.25) is 0 Å². The van der Waals surface area contributed by atoms with E-state index in [0.717, 1.165) is 0 Å². The second-order valence-electron chi connectivity index (χ2n) is 5.34. The third-order valence-electron chi connectivity index (χ3n) is 2.73. The zero-order valence-corrected chi connectivity index (χ0v) is 11.7. The number of rotatable bonds is 2. The number of carbonyl (C=O) groups is 1. The number of hydrogen-bond acceptors (Lipinski definition) is 2. The molecular weight excluding hydrogens is 267 g/mol. The lowest BCUT2D eigenvalue weighted by Crippen LogP contribution is -2.15. The number of aromatic nitrogens is 2. The second-order valence-corrected chi connectivity index (χ2v) is 5.68. The Bertz CT molecular complexity index is 611. The van der Waals surface area contributed by atoms with Gasteiger partial charge in [-0.15, -0.1) is 0 Å². The average Bonchev–Trinajstić information content (AvgIpc) is 2.74. The maximum absolute atomic E-state index is 12.9. The first-order valence-electron chi connectivity index (χ1n) is 5.85. The van der Waals surface area contributed by atoms with Crippen molar-refractivity contribution in [2.24, 2.45) is 0 Å². The van der Waals surface area contributed by atoms with Gasteiger partial charge in [0.05, 0.1) is 16.9 Å². The first-order chi connectivity index (χ1) is 8.79. The van der Waals surface area contributed by atoms with Crippen molar-refractivity contribution in [3.05, 3.63) is 47.5 Å². The van der Waals surface area contributed by atoms with Gasteiger partial charge in [0.1, 0.15) is 5.82 Å². The van der Waals surface area contributed by atoms with Crippen molar-refractivity contribution >= 4 is 16.8 Å². The van der Waals surface area contributed by atoms with Crippen LogP contribution in [0.15, 0.2) is 30.5 Å². The number of hydrogen-bond donors (Lipinski definition) is 0. The number of nitrogens with zero attached hydrogens (tertiary/aromatic N) is 2. The summed E-state index contributed by atoms with van der Waals surface area (Å²) in [6.07, 6.45) is 1.57. The molecule has 100 valence electrons. The molecule has 1 aromatic heterocycles. The number of carbonyl (C=O) groups excluding carboxylic acids is 1. The Labute approximate surface area is 116 Å². The van der Waals surface area contributed by atoms with Crippen molar-refractivity contribution in [2.45, 2.75) is 26.2 Å². The van der Waals surface area contributed by atoms with Gasteiger partial charge in [-0.2, -0.15) is 5.10 Å². The van der Waals surface area contributed by atoms with Gasteiger partial charge in [-0.25, -0.2) is 9.07 Å². The molecule has 0 aliphatic carbocycles. The van der Waals surface area contributed by atoms with E-state index in [4.69, 9.17) is 11.6 Å². The zero-order chi connectivity index (χ0) is 14.2. The summed E-state index contributed by atoms with van der Waals surface area (Å²) >= 11 is 5.59. The summed E-state index contributed by atoms with van der Waals surface area (Å²) in [5, 5.41) is 3.85. The van der Waals surface area contributed by atoms with Gasteiger partial charge in [-0.3, -0.25) is 4.79 Å². The molecule has 2 aromatic rings. The summed E-state index contributed by atoms with van der Waals surface area (Å²) in [5.41, 5.74) is 1.37. The fraction of sp³-hybridized carbons (Fsp3) is 0.286. The Hall–Kier alpha value is -1.68. The van der Waals surface area contributed by atoms with E-state index in [-0.39, 0.29) is 11.2 Å². The zero-order valence-electron chi connectivity index (χ0n) is 10.9. The minimum atomic E-state index is -0.543. The van der Waals surface area contributed by atoms with E-state index in [0.29, 0.717) is 16.9 Å². The predicted molar refractivity (Wildman–Crippen MR) is 72.4 cm³/mol. The summed E-state index contributed by atoms with van der Waals surface area (Å²) in [7, 11) is 0. The van der Waals surface area contributed by atoms with Gasteiger partial charge < -0.3 is 0 Å². The third kappa shape index (κ3) is 2.84. The van der Waals surface area contributed by atoms with Crippen molar-refractivity contribution in [1.82, 2.24) is 9.78 Å². The smallest absolute Gasteiger partial charge is 0.255 e. The highest BCUT2D eigenvalue weighted by atomic mass is 35.5. The van der Waals surface area contributed by atoms with Crippen LogP contribution in [0.4, 0.5) is 4.39 Å². The summed E-state index contributed by atoms with van der Waals surface area (Å²) < 4.78 is 14.4. The second kappa shape index (κ2) is 4.78. The molecule has 0 N–H and O–H groups in total. The maximum atomic E-state index is 12.9. The molecule has 1 heterocycles. The van der Waals surface area contributed by atoms with Crippen LogP contribution < -0.4 is 0 Å². The average molecular weight is 281 g/mol. The fourth-order valence-corrected chi connectivity index (χ4v) is 1.94. The van der Waals surface area contributed by atoms with E-state index in [1.54, 1.807) is 18.3 Å². The molecule has 0 bridgehead atoms. The summed E-state index contributed by atoms with van der Waals surface area (Å²) in [6.45, 7) is 5.86. The van der Waals surface area contributed by atoms with Crippen molar-refractivity contribution in [3.63, 3.8) is 0 Å². The summed E-state index contributed by atoms with van der Waals surface area (Å²) in [4.78, 5) is 11.5. The summed E-state index contributed by atoms with van der Waals surface area (Å²) in [6, 6.07) is 5.88. The summed E-state index contributed by atoms with van der Waals surface area (Å²) in [5.74, 6) is -0.319. The Morgan fingerprint density at radius 2 is 1.84 bits per heavy atom. The SMILES string of the molecule is CC(C)(C)c1nn(-c2ccc(F)cc2)cc1C(=O)Cl. The molecule has 0 radical (unpaired) electrons. The first-order valence-corrected chi connectivity index (χ1v) is 6.23. The van der Waals surface area contributed by atoms with Crippen molar-refractivity contribution in [2.75, 3.05) is 0 Å². The molecule has 1 aromatic carbocycles. The molecule has 3 nitrogen and oxygen atoms in total. The van der Waals surface area contributed by atoms with Gasteiger partial charge in [0, 0.05) is 11.6 Å². The lowest BCUT2D eigenvalue weighted by atomic mass is 9.90. The van der Waals surface area contributed by atoms with Gasteiger partial charge in [-0.05, 0) is 35.9 Å². The minimum Gasteiger partial charge on any atom is -0.275 e. The van der Waals surface area contributed by atoms with Crippen molar-refractivity contribution < 1.29 is 9.18 Å². The molecule has 0 atom stereocenters. The highest BCUT2D eigenvalue weighted by Crippen LogP contribution is 2.26. The topological polar surface area (TPSA) is 34.9 Å². The Balaban J connectivity index is 2.55. The fourth-order valence-electron chi connectivity index (χ4n) is 1.80. The van der Waals surface area contributed by atoms with E-state index in [2.05, 4.69) is 5.10 Å². The first kappa shape index (κ1) is 13.7. The Kier molecular flexibility index (Phi) is 3.45. The molecular formula is C14H14ClFN2O. The quantitative estimate of drug-likeness (QED) is 0.787. The minimum absolute atomic E-state index is 0.300. The molecule has 0 saturated heterocycles. The molecule has 0 fully saturated rings. The van der Waals surface area contributed by atoms with Crippen LogP contribution in [0.5, 0.6) is 0 Å².